The molecule has 182 valence electrons. The molecule has 0 saturated heterocycles. The fourth-order valence-corrected chi connectivity index (χ4v) is 4.35. The van der Waals surface area contributed by atoms with Gasteiger partial charge in [0.25, 0.3) is 0 Å². The SMILES string of the molecule is CC(CCNC(=O)CCC(C)(C)NC(=O)OCC1c2ccccc2-c2ccccc21)CC(=O)O. The van der Waals surface area contributed by atoms with Gasteiger partial charge in [-0.3, -0.25) is 9.59 Å². The average Bonchev–Trinajstić information content (AvgIpc) is 3.09. The molecule has 1 aliphatic carbocycles. The van der Waals surface area contributed by atoms with Crippen molar-refractivity contribution in [1.82, 2.24) is 10.6 Å². The third kappa shape index (κ3) is 6.83. The Labute approximate surface area is 200 Å². The highest BCUT2D eigenvalue weighted by Crippen LogP contribution is 2.44. The van der Waals surface area contributed by atoms with Crippen molar-refractivity contribution in [3.05, 3.63) is 59.7 Å². The van der Waals surface area contributed by atoms with Crippen molar-refractivity contribution in [3.63, 3.8) is 0 Å². The van der Waals surface area contributed by atoms with Gasteiger partial charge in [0.2, 0.25) is 5.91 Å². The van der Waals surface area contributed by atoms with E-state index in [0.717, 1.165) is 11.1 Å². The molecule has 2 aromatic rings. The number of rotatable bonds is 11. The summed E-state index contributed by atoms with van der Waals surface area (Å²) in [7, 11) is 0. The normalized spacial score (nSPS) is 13.5. The molecule has 0 spiro atoms. The van der Waals surface area contributed by atoms with Crippen molar-refractivity contribution in [2.75, 3.05) is 13.2 Å². The minimum Gasteiger partial charge on any atom is -0.481 e. The molecule has 0 heterocycles. The fourth-order valence-electron chi connectivity index (χ4n) is 4.35. The first-order valence-electron chi connectivity index (χ1n) is 11.8. The number of fused-ring (bicyclic) bond motifs is 3. The molecule has 3 N–H and O–H groups in total. The Morgan fingerprint density at radius 1 is 1.03 bits per heavy atom. The molecule has 0 bridgehead atoms. The van der Waals surface area contributed by atoms with Gasteiger partial charge < -0.3 is 20.5 Å². The van der Waals surface area contributed by atoms with Crippen LogP contribution in [0.3, 0.4) is 0 Å². The number of carboxylic acids is 1. The second-order valence-electron chi connectivity index (χ2n) is 9.68. The van der Waals surface area contributed by atoms with Crippen LogP contribution in [0.1, 0.15) is 63.5 Å². The molecule has 7 nitrogen and oxygen atoms in total. The molecule has 0 radical (unpaired) electrons. The fraction of sp³-hybridized carbons (Fsp3) is 0.444. The van der Waals surface area contributed by atoms with Crippen molar-refractivity contribution in [1.29, 1.82) is 0 Å². The van der Waals surface area contributed by atoms with Crippen LogP contribution in [0.25, 0.3) is 11.1 Å². The van der Waals surface area contributed by atoms with Crippen LogP contribution < -0.4 is 10.6 Å². The van der Waals surface area contributed by atoms with E-state index in [2.05, 4.69) is 34.9 Å². The summed E-state index contributed by atoms with van der Waals surface area (Å²) in [6, 6.07) is 16.4. The summed E-state index contributed by atoms with van der Waals surface area (Å²) >= 11 is 0. The van der Waals surface area contributed by atoms with Gasteiger partial charge in [-0.05, 0) is 54.9 Å². The van der Waals surface area contributed by atoms with E-state index < -0.39 is 17.6 Å². The van der Waals surface area contributed by atoms with E-state index in [1.807, 2.05) is 45.0 Å². The highest BCUT2D eigenvalue weighted by molar-refractivity contribution is 5.79. The molecule has 0 saturated carbocycles. The van der Waals surface area contributed by atoms with Crippen LogP contribution in [-0.4, -0.2) is 41.8 Å². The second-order valence-corrected chi connectivity index (χ2v) is 9.68. The first-order valence-corrected chi connectivity index (χ1v) is 11.8. The van der Waals surface area contributed by atoms with Gasteiger partial charge >= 0.3 is 12.1 Å². The second kappa shape index (κ2) is 11.2. The quantitative estimate of drug-likeness (QED) is 0.445. The number of alkyl carbamates (subject to hydrolysis) is 1. The van der Waals surface area contributed by atoms with Crippen molar-refractivity contribution in [3.8, 4) is 11.1 Å². The van der Waals surface area contributed by atoms with Crippen LogP contribution >= 0.6 is 0 Å². The lowest BCUT2D eigenvalue weighted by Gasteiger charge is -2.26. The number of carbonyl (C=O) groups is 3. The van der Waals surface area contributed by atoms with Gasteiger partial charge in [-0.25, -0.2) is 4.79 Å². The first-order chi connectivity index (χ1) is 16.2. The van der Waals surface area contributed by atoms with E-state index in [1.165, 1.54) is 11.1 Å². The monoisotopic (exact) mass is 466 g/mol. The topological polar surface area (TPSA) is 105 Å². The number of aliphatic carboxylic acids is 1. The molecule has 2 aromatic carbocycles. The van der Waals surface area contributed by atoms with Crippen LogP contribution in [0.4, 0.5) is 4.79 Å². The number of carbonyl (C=O) groups excluding carboxylic acids is 2. The summed E-state index contributed by atoms with van der Waals surface area (Å²) in [5.74, 6) is -0.954. The van der Waals surface area contributed by atoms with E-state index in [9.17, 15) is 14.4 Å². The molecular weight excluding hydrogens is 432 g/mol. The Kier molecular flexibility index (Phi) is 8.31. The lowest BCUT2D eigenvalue weighted by Crippen LogP contribution is -2.44. The van der Waals surface area contributed by atoms with E-state index in [4.69, 9.17) is 9.84 Å². The molecule has 1 unspecified atom stereocenters. The third-order valence-corrected chi connectivity index (χ3v) is 6.24. The Morgan fingerprint density at radius 3 is 2.21 bits per heavy atom. The van der Waals surface area contributed by atoms with Gasteiger partial charge in [-0.15, -0.1) is 0 Å². The van der Waals surface area contributed by atoms with Gasteiger partial charge in [-0.1, -0.05) is 55.5 Å². The maximum atomic E-state index is 12.5. The van der Waals surface area contributed by atoms with Crippen LogP contribution in [0.2, 0.25) is 0 Å². The lowest BCUT2D eigenvalue weighted by atomic mass is 9.98. The average molecular weight is 467 g/mol. The zero-order chi connectivity index (χ0) is 24.7. The zero-order valence-electron chi connectivity index (χ0n) is 20.1. The van der Waals surface area contributed by atoms with E-state index in [-0.39, 0.29) is 37.2 Å². The van der Waals surface area contributed by atoms with Gasteiger partial charge in [0.05, 0.1) is 0 Å². The summed E-state index contributed by atoms with van der Waals surface area (Å²) in [6.07, 6.45) is 0.902. The predicted molar refractivity (Wildman–Crippen MR) is 131 cm³/mol. The summed E-state index contributed by atoms with van der Waals surface area (Å²) < 4.78 is 5.61. The van der Waals surface area contributed by atoms with Crippen LogP contribution in [0, 0.1) is 5.92 Å². The van der Waals surface area contributed by atoms with E-state index >= 15 is 0 Å². The summed E-state index contributed by atoms with van der Waals surface area (Å²) in [4.78, 5) is 35.4. The Bertz CT molecular complexity index is 988. The molecular formula is C27H34N2O5. The third-order valence-electron chi connectivity index (χ3n) is 6.24. The van der Waals surface area contributed by atoms with Gasteiger partial charge in [0.15, 0.2) is 0 Å². The van der Waals surface area contributed by atoms with Crippen LogP contribution in [0.5, 0.6) is 0 Å². The molecule has 0 fully saturated rings. The molecule has 7 heteroatoms. The van der Waals surface area contributed by atoms with E-state index in [1.54, 1.807) is 0 Å². The molecule has 2 amide bonds. The Morgan fingerprint density at radius 2 is 1.62 bits per heavy atom. The molecule has 1 atom stereocenters. The maximum Gasteiger partial charge on any atom is 0.407 e. The number of carboxylic acid groups (broad SMARTS) is 1. The van der Waals surface area contributed by atoms with Crippen LogP contribution in [-0.2, 0) is 14.3 Å². The standard InChI is InChI=1S/C27H34N2O5/c1-18(16-25(31)32)13-15-28-24(30)12-14-27(2,3)29-26(33)34-17-23-21-10-6-4-8-19(21)20-9-5-7-11-22(20)23/h4-11,18,23H,12-17H2,1-3H3,(H,28,30)(H,29,33)(H,31,32). The largest absolute Gasteiger partial charge is 0.481 e. The van der Waals surface area contributed by atoms with Crippen molar-refractivity contribution in [2.45, 2.75) is 57.9 Å². The van der Waals surface area contributed by atoms with E-state index in [0.29, 0.717) is 19.4 Å². The number of hydrogen-bond donors (Lipinski definition) is 3. The maximum absolute atomic E-state index is 12.5. The van der Waals surface area contributed by atoms with Gasteiger partial charge in [-0.2, -0.15) is 0 Å². The Hall–Kier alpha value is -3.35. The summed E-state index contributed by atoms with van der Waals surface area (Å²) in [6.45, 7) is 6.24. The van der Waals surface area contributed by atoms with Crippen molar-refractivity contribution >= 4 is 18.0 Å². The summed E-state index contributed by atoms with van der Waals surface area (Å²) in [5.41, 5.74) is 4.05. The number of benzene rings is 2. The molecule has 0 aromatic heterocycles. The minimum atomic E-state index is -0.833. The van der Waals surface area contributed by atoms with Crippen LogP contribution in [0.15, 0.2) is 48.5 Å². The lowest BCUT2D eigenvalue weighted by molar-refractivity contribution is -0.138. The predicted octanol–water partition coefficient (Wildman–Crippen LogP) is 4.70. The molecule has 3 rings (SSSR count). The van der Waals surface area contributed by atoms with Gasteiger partial charge in [0.1, 0.15) is 6.61 Å². The number of hydrogen-bond acceptors (Lipinski definition) is 4. The highest BCUT2D eigenvalue weighted by atomic mass is 16.5. The van der Waals surface area contributed by atoms with Gasteiger partial charge in [0, 0.05) is 30.8 Å². The molecule has 34 heavy (non-hydrogen) atoms. The minimum absolute atomic E-state index is 0.00411. The smallest absolute Gasteiger partial charge is 0.407 e. The number of amides is 2. The Balaban J connectivity index is 1.44. The van der Waals surface area contributed by atoms with Crippen molar-refractivity contribution < 1.29 is 24.2 Å². The first kappa shape index (κ1) is 25.3. The molecule has 0 aliphatic heterocycles. The number of ether oxygens (including phenoxy) is 1. The number of nitrogens with one attached hydrogen (secondary N) is 2. The highest BCUT2D eigenvalue weighted by Gasteiger charge is 2.30. The van der Waals surface area contributed by atoms with Crippen molar-refractivity contribution in [2.24, 2.45) is 5.92 Å². The zero-order valence-corrected chi connectivity index (χ0v) is 20.1. The molecule has 1 aliphatic rings. The summed E-state index contributed by atoms with van der Waals surface area (Å²) in [5, 5.41) is 14.5.